The number of rotatable bonds is 5. The fourth-order valence-corrected chi connectivity index (χ4v) is 3.42. The molecule has 1 saturated heterocycles. The van der Waals surface area contributed by atoms with E-state index < -0.39 is 0 Å². The van der Waals surface area contributed by atoms with Crippen molar-refractivity contribution < 1.29 is 9.53 Å². The minimum atomic E-state index is 0.171. The Kier molecular flexibility index (Phi) is 5.26. The van der Waals surface area contributed by atoms with Crippen LogP contribution in [0.1, 0.15) is 19.0 Å². The molecule has 3 rings (SSSR count). The van der Waals surface area contributed by atoms with Crippen LogP contribution in [0.25, 0.3) is 0 Å². The molecule has 0 aliphatic carbocycles. The van der Waals surface area contributed by atoms with Crippen LogP contribution in [-0.4, -0.2) is 53.4 Å². The maximum atomic E-state index is 12.6. The van der Waals surface area contributed by atoms with Crippen molar-refractivity contribution in [2.24, 2.45) is 0 Å². The number of piperazine rings is 1. The zero-order chi connectivity index (χ0) is 17.8. The number of anilines is 1. The first-order chi connectivity index (χ1) is 12.1. The third-order valence-corrected chi connectivity index (χ3v) is 4.84. The number of carbonyl (C=O) groups excluding carboxylic acids is 1. The predicted octanol–water partition coefficient (Wildman–Crippen LogP) is 2.33. The number of methoxy groups -OCH3 is 1. The maximum Gasteiger partial charge on any atom is 0.224 e. The molecule has 0 spiro atoms. The zero-order valence-corrected chi connectivity index (χ0v) is 15.2. The highest BCUT2D eigenvalue weighted by atomic mass is 16.5. The third kappa shape index (κ3) is 3.78. The number of aryl methyl sites for hydroxylation is 2. The molecular weight excluding hydrogens is 316 g/mol. The van der Waals surface area contributed by atoms with Gasteiger partial charge in [0.2, 0.25) is 5.91 Å². The SMILES string of the molecule is COc1ccccc1N1CCN(C(=O)CCn2nccc2C)[C@@H](C)C1. The molecule has 0 unspecified atom stereocenters. The summed E-state index contributed by atoms with van der Waals surface area (Å²) in [6.07, 6.45) is 2.26. The lowest BCUT2D eigenvalue weighted by Gasteiger charge is -2.41. The number of benzene rings is 1. The van der Waals surface area contributed by atoms with E-state index in [4.69, 9.17) is 4.74 Å². The lowest BCUT2D eigenvalue weighted by atomic mass is 10.1. The van der Waals surface area contributed by atoms with Crippen LogP contribution in [0.4, 0.5) is 5.69 Å². The second-order valence-electron chi connectivity index (χ2n) is 6.50. The van der Waals surface area contributed by atoms with Crippen molar-refractivity contribution in [3.63, 3.8) is 0 Å². The van der Waals surface area contributed by atoms with Crippen molar-refractivity contribution in [3.05, 3.63) is 42.2 Å². The summed E-state index contributed by atoms with van der Waals surface area (Å²) in [4.78, 5) is 16.9. The summed E-state index contributed by atoms with van der Waals surface area (Å²) in [7, 11) is 1.69. The fraction of sp³-hybridized carbons (Fsp3) is 0.474. The molecular formula is C19H26N4O2. The van der Waals surface area contributed by atoms with Crippen LogP contribution in [0.5, 0.6) is 5.75 Å². The molecule has 134 valence electrons. The van der Waals surface area contributed by atoms with Crippen molar-refractivity contribution >= 4 is 11.6 Å². The van der Waals surface area contributed by atoms with Gasteiger partial charge in [0, 0.05) is 50.5 Å². The topological polar surface area (TPSA) is 50.6 Å². The van der Waals surface area contributed by atoms with Crippen molar-refractivity contribution in [2.45, 2.75) is 32.9 Å². The number of carbonyl (C=O) groups is 1. The quantitative estimate of drug-likeness (QED) is 0.837. The molecule has 1 aliphatic heterocycles. The van der Waals surface area contributed by atoms with Crippen LogP contribution < -0.4 is 9.64 Å². The number of hydrogen-bond donors (Lipinski definition) is 0. The minimum absolute atomic E-state index is 0.171. The summed E-state index contributed by atoms with van der Waals surface area (Å²) in [6.45, 7) is 7.11. The number of ether oxygens (including phenoxy) is 1. The van der Waals surface area contributed by atoms with Crippen molar-refractivity contribution in [3.8, 4) is 5.75 Å². The molecule has 2 heterocycles. The van der Waals surface area contributed by atoms with Crippen LogP contribution in [-0.2, 0) is 11.3 Å². The van der Waals surface area contributed by atoms with Gasteiger partial charge in [-0.1, -0.05) is 12.1 Å². The van der Waals surface area contributed by atoms with Crippen LogP contribution >= 0.6 is 0 Å². The average molecular weight is 342 g/mol. The van der Waals surface area contributed by atoms with E-state index in [9.17, 15) is 4.79 Å². The van der Waals surface area contributed by atoms with E-state index in [0.717, 1.165) is 36.8 Å². The van der Waals surface area contributed by atoms with Gasteiger partial charge in [0.05, 0.1) is 12.8 Å². The molecule has 1 fully saturated rings. The van der Waals surface area contributed by atoms with E-state index in [1.165, 1.54) is 0 Å². The van der Waals surface area contributed by atoms with Gasteiger partial charge in [-0.25, -0.2) is 0 Å². The molecule has 0 bridgehead atoms. The number of nitrogens with zero attached hydrogens (tertiary/aromatic N) is 4. The van der Waals surface area contributed by atoms with Crippen LogP contribution in [0.2, 0.25) is 0 Å². The number of amides is 1. The fourth-order valence-electron chi connectivity index (χ4n) is 3.42. The predicted molar refractivity (Wildman–Crippen MR) is 98.0 cm³/mol. The van der Waals surface area contributed by atoms with Gasteiger partial charge in [0.15, 0.2) is 0 Å². The molecule has 6 heteroatoms. The highest BCUT2D eigenvalue weighted by Gasteiger charge is 2.28. The largest absolute Gasteiger partial charge is 0.495 e. The Morgan fingerprint density at radius 2 is 2.08 bits per heavy atom. The Hall–Kier alpha value is -2.50. The van der Waals surface area contributed by atoms with Gasteiger partial charge in [0.25, 0.3) is 0 Å². The summed E-state index contributed by atoms with van der Waals surface area (Å²) in [5, 5.41) is 4.25. The normalized spacial score (nSPS) is 17.6. The first kappa shape index (κ1) is 17.3. The minimum Gasteiger partial charge on any atom is -0.495 e. The molecule has 25 heavy (non-hydrogen) atoms. The molecule has 0 saturated carbocycles. The molecule has 2 aromatic rings. The van der Waals surface area contributed by atoms with Gasteiger partial charge in [0.1, 0.15) is 5.75 Å². The van der Waals surface area contributed by atoms with Gasteiger partial charge in [-0.2, -0.15) is 5.10 Å². The highest BCUT2D eigenvalue weighted by molar-refractivity contribution is 5.77. The molecule has 0 N–H and O–H groups in total. The standard InChI is InChI=1S/C19H26N4O2/c1-15-8-10-20-23(15)11-9-19(24)22-13-12-21(14-16(22)2)17-6-4-5-7-18(17)25-3/h4-8,10,16H,9,11-14H2,1-3H3/t16-/m0/s1. The van der Waals surface area contributed by atoms with Crippen molar-refractivity contribution in [1.29, 1.82) is 0 Å². The Morgan fingerprint density at radius 1 is 1.28 bits per heavy atom. The van der Waals surface area contributed by atoms with Crippen LogP contribution in [0, 0.1) is 6.92 Å². The summed E-state index contributed by atoms with van der Waals surface area (Å²) >= 11 is 0. The van der Waals surface area contributed by atoms with Crippen LogP contribution in [0.3, 0.4) is 0 Å². The van der Waals surface area contributed by atoms with Crippen molar-refractivity contribution in [1.82, 2.24) is 14.7 Å². The smallest absolute Gasteiger partial charge is 0.224 e. The summed E-state index contributed by atoms with van der Waals surface area (Å²) < 4.78 is 7.35. The van der Waals surface area contributed by atoms with Gasteiger partial charge < -0.3 is 14.5 Å². The molecule has 1 aromatic heterocycles. The van der Waals surface area contributed by atoms with E-state index >= 15 is 0 Å². The monoisotopic (exact) mass is 342 g/mol. The first-order valence-electron chi connectivity index (χ1n) is 8.76. The number of hydrogen-bond acceptors (Lipinski definition) is 4. The summed E-state index contributed by atoms with van der Waals surface area (Å²) in [6, 6.07) is 10.2. The van der Waals surface area contributed by atoms with E-state index in [-0.39, 0.29) is 11.9 Å². The molecule has 1 aliphatic rings. The first-order valence-corrected chi connectivity index (χ1v) is 8.76. The summed E-state index contributed by atoms with van der Waals surface area (Å²) in [5.41, 5.74) is 2.18. The Balaban J connectivity index is 1.59. The van der Waals surface area contributed by atoms with Gasteiger partial charge >= 0.3 is 0 Å². The third-order valence-electron chi connectivity index (χ3n) is 4.84. The highest BCUT2D eigenvalue weighted by Crippen LogP contribution is 2.29. The Bertz CT molecular complexity index is 728. The van der Waals surface area contributed by atoms with Crippen molar-refractivity contribution in [2.75, 3.05) is 31.6 Å². The lowest BCUT2D eigenvalue weighted by Crippen LogP contribution is -2.54. The Morgan fingerprint density at radius 3 is 2.76 bits per heavy atom. The second kappa shape index (κ2) is 7.59. The number of para-hydroxylation sites is 2. The maximum absolute atomic E-state index is 12.6. The molecule has 6 nitrogen and oxygen atoms in total. The molecule has 1 amide bonds. The molecule has 0 radical (unpaired) electrons. The second-order valence-corrected chi connectivity index (χ2v) is 6.50. The Labute approximate surface area is 149 Å². The van der Waals surface area contributed by atoms with Gasteiger partial charge in [-0.05, 0) is 32.0 Å². The number of aromatic nitrogens is 2. The van der Waals surface area contributed by atoms with E-state index in [1.807, 2.05) is 40.8 Å². The van der Waals surface area contributed by atoms with Gasteiger partial charge in [-0.15, -0.1) is 0 Å². The van der Waals surface area contributed by atoms with Gasteiger partial charge in [-0.3, -0.25) is 9.48 Å². The average Bonchev–Trinajstić information content (AvgIpc) is 3.04. The van der Waals surface area contributed by atoms with E-state index in [0.29, 0.717) is 13.0 Å². The van der Waals surface area contributed by atoms with Crippen LogP contribution in [0.15, 0.2) is 36.5 Å². The van der Waals surface area contributed by atoms with E-state index in [1.54, 1.807) is 13.3 Å². The summed E-state index contributed by atoms with van der Waals surface area (Å²) in [5.74, 6) is 1.07. The molecule has 1 atom stereocenters. The molecule has 1 aromatic carbocycles. The zero-order valence-electron chi connectivity index (χ0n) is 15.2. The van der Waals surface area contributed by atoms with E-state index in [2.05, 4.69) is 23.0 Å². The lowest BCUT2D eigenvalue weighted by molar-refractivity contribution is -0.133.